The number of benzene rings is 1. The van der Waals surface area contributed by atoms with Gasteiger partial charge in [0.2, 0.25) is 11.4 Å². The standard InChI is InChI=1S/C20H21F3N2O7/c1-4-31-17(27)19(18(28)32-5-2)11-15(20(21,22)23)16(24(19)12(3)26)10-13-6-8-14(9-7-13)25(29)30/h6-10,15H,4-5,11H2,1-3H3/b16-10-. The van der Waals surface area contributed by atoms with Crippen molar-refractivity contribution in [3.8, 4) is 0 Å². The number of alkyl halides is 3. The molecule has 0 saturated carbocycles. The van der Waals surface area contributed by atoms with Crippen molar-refractivity contribution in [3.05, 3.63) is 45.6 Å². The number of amides is 1. The zero-order chi connectivity index (χ0) is 24.3. The maximum atomic E-state index is 14.0. The van der Waals surface area contributed by atoms with E-state index in [4.69, 9.17) is 9.47 Å². The summed E-state index contributed by atoms with van der Waals surface area (Å²) < 4.78 is 51.7. The Hall–Kier alpha value is -3.44. The topological polar surface area (TPSA) is 116 Å². The van der Waals surface area contributed by atoms with Crippen LogP contribution in [0.4, 0.5) is 18.9 Å². The Morgan fingerprint density at radius 2 is 1.66 bits per heavy atom. The number of ether oxygens (including phenoxy) is 2. The number of nitro groups is 1. The maximum absolute atomic E-state index is 14.0. The molecule has 0 N–H and O–H groups in total. The van der Waals surface area contributed by atoms with Gasteiger partial charge in [-0.1, -0.05) is 0 Å². The van der Waals surface area contributed by atoms with Crippen molar-refractivity contribution in [1.29, 1.82) is 0 Å². The van der Waals surface area contributed by atoms with E-state index in [-0.39, 0.29) is 24.5 Å². The normalized spacial score (nSPS) is 19.0. The van der Waals surface area contributed by atoms with Gasteiger partial charge in [0.25, 0.3) is 5.69 Å². The third-order valence-corrected chi connectivity index (χ3v) is 4.85. The SMILES string of the molecule is CCOC(=O)C1(C(=O)OCC)CC(C(F)(F)F)/C(=C/c2ccc([N+](=O)[O-])cc2)N1C(C)=O. The number of rotatable bonds is 6. The average Bonchev–Trinajstić information content (AvgIpc) is 3.05. The largest absolute Gasteiger partial charge is 0.464 e. The molecule has 0 aliphatic carbocycles. The molecule has 1 atom stereocenters. The molecule has 1 fully saturated rings. The molecule has 1 aromatic rings. The van der Waals surface area contributed by atoms with Crippen LogP contribution in [0.25, 0.3) is 6.08 Å². The van der Waals surface area contributed by atoms with E-state index < -0.39 is 52.5 Å². The van der Waals surface area contributed by atoms with Crippen molar-refractivity contribution in [2.24, 2.45) is 5.92 Å². The Labute approximate surface area is 180 Å². The fourth-order valence-corrected chi connectivity index (χ4v) is 3.56. The van der Waals surface area contributed by atoms with Gasteiger partial charge >= 0.3 is 18.1 Å². The highest BCUT2D eigenvalue weighted by atomic mass is 19.4. The summed E-state index contributed by atoms with van der Waals surface area (Å²) in [5.74, 6) is -6.06. The van der Waals surface area contributed by atoms with Gasteiger partial charge in [-0.25, -0.2) is 9.59 Å². The zero-order valence-corrected chi connectivity index (χ0v) is 17.5. The summed E-state index contributed by atoms with van der Waals surface area (Å²) >= 11 is 0. The van der Waals surface area contributed by atoms with E-state index in [1.165, 1.54) is 26.0 Å². The number of allylic oxidation sites excluding steroid dienone is 1. The van der Waals surface area contributed by atoms with Crippen LogP contribution in [-0.2, 0) is 23.9 Å². The second-order valence-electron chi connectivity index (χ2n) is 6.87. The molecule has 1 amide bonds. The lowest BCUT2D eigenvalue weighted by atomic mass is 9.91. The second kappa shape index (κ2) is 9.37. The van der Waals surface area contributed by atoms with Crippen LogP contribution in [0.1, 0.15) is 32.8 Å². The van der Waals surface area contributed by atoms with Crippen molar-refractivity contribution in [1.82, 2.24) is 4.90 Å². The quantitative estimate of drug-likeness (QED) is 0.278. The highest BCUT2D eigenvalue weighted by Crippen LogP contribution is 2.50. The first-order chi connectivity index (χ1) is 14.9. The number of halogens is 3. The van der Waals surface area contributed by atoms with Crippen LogP contribution < -0.4 is 0 Å². The first kappa shape index (κ1) is 24.8. The Morgan fingerprint density at radius 3 is 2.03 bits per heavy atom. The first-order valence-electron chi connectivity index (χ1n) is 9.58. The smallest absolute Gasteiger partial charge is 0.397 e. The Bertz CT molecular complexity index is 924. The van der Waals surface area contributed by atoms with Crippen LogP contribution in [0.3, 0.4) is 0 Å². The Morgan fingerprint density at radius 1 is 1.16 bits per heavy atom. The number of carbonyl (C=O) groups excluding carboxylic acids is 3. The van der Waals surface area contributed by atoms with E-state index in [0.29, 0.717) is 4.90 Å². The van der Waals surface area contributed by atoms with Crippen molar-refractivity contribution in [2.45, 2.75) is 38.9 Å². The van der Waals surface area contributed by atoms with Crippen molar-refractivity contribution in [3.63, 3.8) is 0 Å². The molecule has 1 unspecified atom stereocenters. The summed E-state index contributed by atoms with van der Waals surface area (Å²) in [6.45, 7) is 3.22. The molecule has 0 radical (unpaired) electrons. The molecule has 0 bridgehead atoms. The van der Waals surface area contributed by atoms with Gasteiger partial charge in [-0.2, -0.15) is 13.2 Å². The monoisotopic (exact) mass is 458 g/mol. The van der Waals surface area contributed by atoms with Gasteiger partial charge in [-0.15, -0.1) is 0 Å². The van der Waals surface area contributed by atoms with Gasteiger partial charge in [-0.3, -0.25) is 19.8 Å². The van der Waals surface area contributed by atoms with Crippen molar-refractivity contribution in [2.75, 3.05) is 13.2 Å². The molecule has 174 valence electrons. The molecule has 1 aromatic carbocycles. The molecule has 2 rings (SSSR count). The molecule has 0 spiro atoms. The van der Waals surface area contributed by atoms with Gasteiger partial charge in [-0.05, 0) is 37.6 Å². The third kappa shape index (κ3) is 4.58. The van der Waals surface area contributed by atoms with E-state index in [1.807, 2.05) is 0 Å². The molecule has 1 saturated heterocycles. The lowest BCUT2D eigenvalue weighted by Gasteiger charge is -2.33. The lowest BCUT2D eigenvalue weighted by Crippen LogP contribution is -2.59. The number of esters is 2. The number of nitro benzene ring substituents is 1. The Balaban J connectivity index is 2.76. The summed E-state index contributed by atoms with van der Waals surface area (Å²) in [4.78, 5) is 48.7. The number of carbonyl (C=O) groups is 3. The second-order valence-corrected chi connectivity index (χ2v) is 6.87. The Kier molecular flexibility index (Phi) is 7.27. The van der Waals surface area contributed by atoms with Crippen LogP contribution in [0.2, 0.25) is 0 Å². The van der Waals surface area contributed by atoms with Crippen LogP contribution in [0, 0.1) is 16.0 Å². The zero-order valence-electron chi connectivity index (χ0n) is 17.5. The summed E-state index contributed by atoms with van der Waals surface area (Å²) in [5.41, 5.74) is -3.53. The molecule has 1 heterocycles. The highest BCUT2D eigenvalue weighted by molar-refractivity contribution is 6.09. The molecule has 1 aliphatic heterocycles. The highest BCUT2D eigenvalue weighted by Gasteiger charge is 2.67. The lowest BCUT2D eigenvalue weighted by molar-refractivity contribution is -0.384. The fraction of sp³-hybridized carbons (Fsp3) is 0.450. The number of non-ortho nitro benzene ring substituents is 1. The predicted octanol–water partition coefficient (Wildman–Crippen LogP) is 3.23. The molecule has 32 heavy (non-hydrogen) atoms. The van der Waals surface area contributed by atoms with E-state index >= 15 is 0 Å². The van der Waals surface area contributed by atoms with Gasteiger partial charge in [0.05, 0.1) is 24.1 Å². The molecule has 12 heteroatoms. The van der Waals surface area contributed by atoms with Gasteiger partial charge in [0.1, 0.15) is 0 Å². The number of hydrogen-bond donors (Lipinski definition) is 0. The van der Waals surface area contributed by atoms with E-state index in [0.717, 1.165) is 25.1 Å². The minimum atomic E-state index is -4.93. The summed E-state index contributed by atoms with van der Waals surface area (Å²) in [6, 6.07) is 4.52. The van der Waals surface area contributed by atoms with Crippen molar-refractivity contribution < 1.29 is 42.0 Å². The van der Waals surface area contributed by atoms with E-state index in [2.05, 4.69) is 0 Å². The minimum absolute atomic E-state index is 0.0922. The summed E-state index contributed by atoms with van der Waals surface area (Å²) in [6.07, 6.45) is -5.09. The van der Waals surface area contributed by atoms with Crippen LogP contribution in [-0.4, -0.2) is 52.6 Å². The van der Waals surface area contributed by atoms with E-state index in [9.17, 15) is 37.7 Å². The average molecular weight is 458 g/mol. The summed E-state index contributed by atoms with van der Waals surface area (Å²) in [7, 11) is 0. The first-order valence-corrected chi connectivity index (χ1v) is 9.58. The minimum Gasteiger partial charge on any atom is -0.464 e. The van der Waals surface area contributed by atoms with Crippen LogP contribution in [0.15, 0.2) is 30.0 Å². The van der Waals surface area contributed by atoms with Gasteiger partial charge in [0, 0.05) is 31.2 Å². The van der Waals surface area contributed by atoms with Gasteiger partial charge < -0.3 is 9.47 Å². The van der Waals surface area contributed by atoms with E-state index in [1.54, 1.807) is 0 Å². The molecular formula is C20H21F3N2O7. The predicted molar refractivity (Wildman–Crippen MR) is 104 cm³/mol. The maximum Gasteiger partial charge on any atom is 0.397 e. The van der Waals surface area contributed by atoms with Crippen LogP contribution in [0.5, 0.6) is 0 Å². The number of likely N-dealkylation sites (tertiary alicyclic amines) is 1. The molecular weight excluding hydrogens is 437 g/mol. The summed E-state index contributed by atoms with van der Waals surface area (Å²) in [5, 5.41) is 10.8. The van der Waals surface area contributed by atoms with Crippen molar-refractivity contribution >= 4 is 29.6 Å². The number of nitrogens with zero attached hydrogens (tertiary/aromatic N) is 2. The fourth-order valence-electron chi connectivity index (χ4n) is 3.56. The third-order valence-electron chi connectivity index (χ3n) is 4.85. The molecule has 0 aromatic heterocycles. The molecule has 1 aliphatic rings. The molecule has 9 nitrogen and oxygen atoms in total. The number of hydrogen-bond acceptors (Lipinski definition) is 7. The van der Waals surface area contributed by atoms with Crippen LogP contribution >= 0.6 is 0 Å². The van der Waals surface area contributed by atoms with Gasteiger partial charge in [0.15, 0.2) is 0 Å².